The highest BCUT2D eigenvalue weighted by atomic mass is 16.3. The number of anilines is 1. The van der Waals surface area contributed by atoms with E-state index >= 15 is 0 Å². The second-order valence-corrected chi connectivity index (χ2v) is 4.44. The molecule has 1 heterocycles. The molecule has 1 saturated carbocycles. The Morgan fingerprint density at radius 1 is 1.50 bits per heavy atom. The smallest absolute Gasteiger partial charge is 0.229 e. The van der Waals surface area contributed by atoms with Gasteiger partial charge in [0.2, 0.25) is 5.91 Å². The zero-order valence-corrected chi connectivity index (χ0v) is 9.67. The van der Waals surface area contributed by atoms with E-state index in [9.17, 15) is 4.79 Å². The topological polar surface area (TPSA) is 81.2 Å². The van der Waals surface area contributed by atoms with Crippen molar-refractivity contribution in [2.24, 2.45) is 11.7 Å². The first-order chi connectivity index (χ1) is 8.74. The molecule has 3 N–H and O–H groups in total. The van der Waals surface area contributed by atoms with E-state index < -0.39 is 0 Å². The average molecular weight is 243 g/mol. The summed E-state index contributed by atoms with van der Waals surface area (Å²) in [5.74, 6) is 0.616. The number of nitrogens with two attached hydrogens (primary N) is 1. The molecule has 1 fully saturated rings. The van der Waals surface area contributed by atoms with Crippen molar-refractivity contribution in [3.05, 3.63) is 36.9 Å². The van der Waals surface area contributed by atoms with Crippen LogP contribution in [-0.2, 0) is 4.79 Å². The van der Waals surface area contributed by atoms with Crippen LogP contribution in [0, 0.1) is 5.92 Å². The molecule has 0 aliphatic heterocycles. The molecule has 2 unspecified atom stereocenters. The molecule has 1 aliphatic carbocycles. The lowest BCUT2D eigenvalue weighted by atomic mass is 10.1. The zero-order valence-electron chi connectivity index (χ0n) is 9.67. The summed E-state index contributed by atoms with van der Waals surface area (Å²) in [6.45, 7) is 0. The highest BCUT2D eigenvalue weighted by molar-refractivity contribution is 5.95. The van der Waals surface area contributed by atoms with Gasteiger partial charge in [-0.15, -0.1) is 0 Å². The molecule has 5 nitrogen and oxygen atoms in total. The molecule has 1 aromatic heterocycles. The summed E-state index contributed by atoms with van der Waals surface area (Å²) in [5, 5.41) is 2.86. The number of aromatic nitrogens is 1. The number of oxazole rings is 1. The molecule has 0 radical (unpaired) electrons. The third-order valence-corrected chi connectivity index (χ3v) is 3.02. The molecular weight excluding hydrogens is 230 g/mol. The van der Waals surface area contributed by atoms with Gasteiger partial charge in [-0.25, -0.2) is 4.98 Å². The van der Waals surface area contributed by atoms with Crippen molar-refractivity contribution in [1.29, 1.82) is 0 Å². The Balaban J connectivity index is 1.77. The second-order valence-electron chi connectivity index (χ2n) is 4.44. The van der Waals surface area contributed by atoms with Crippen LogP contribution >= 0.6 is 0 Å². The van der Waals surface area contributed by atoms with Crippen LogP contribution < -0.4 is 11.1 Å². The molecular formula is C13H13N3O2. The van der Waals surface area contributed by atoms with Crippen LogP contribution in [0.1, 0.15) is 6.42 Å². The Labute approximate surface area is 104 Å². The number of hydrogen-bond acceptors (Lipinski definition) is 4. The van der Waals surface area contributed by atoms with E-state index in [1.807, 2.05) is 24.3 Å². The van der Waals surface area contributed by atoms with Gasteiger partial charge in [-0.05, 0) is 18.6 Å². The van der Waals surface area contributed by atoms with Crippen LogP contribution in [0.3, 0.4) is 0 Å². The Morgan fingerprint density at radius 2 is 2.33 bits per heavy atom. The van der Waals surface area contributed by atoms with Crippen molar-refractivity contribution in [3.8, 4) is 11.3 Å². The predicted molar refractivity (Wildman–Crippen MR) is 66.7 cm³/mol. The molecule has 1 aliphatic rings. The Hall–Kier alpha value is -2.14. The van der Waals surface area contributed by atoms with Gasteiger partial charge in [-0.1, -0.05) is 12.1 Å². The van der Waals surface area contributed by atoms with Crippen molar-refractivity contribution < 1.29 is 9.21 Å². The van der Waals surface area contributed by atoms with Crippen LogP contribution in [0.2, 0.25) is 0 Å². The average Bonchev–Trinajstić information content (AvgIpc) is 2.90. The number of rotatable bonds is 3. The molecule has 92 valence electrons. The second kappa shape index (κ2) is 4.27. The van der Waals surface area contributed by atoms with E-state index in [0.29, 0.717) is 5.76 Å². The minimum absolute atomic E-state index is 0.0162. The summed E-state index contributed by atoms with van der Waals surface area (Å²) in [5.41, 5.74) is 7.27. The number of carbonyl (C=O) groups excluding carboxylic acids is 1. The predicted octanol–water partition coefficient (Wildman–Crippen LogP) is 1.63. The largest absolute Gasteiger partial charge is 0.444 e. The molecule has 1 aromatic carbocycles. The van der Waals surface area contributed by atoms with Crippen molar-refractivity contribution in [3.63, 3.8) is 0 Å². The van der Waals surface area contributed by atoms with Crippen LogP contribution in [0.4, 0.5) is 5.69 Å². The van der Waals surface area contributed by atoms with Crippen molar-refractivity contribution >= 4 is 11.6 Å². The van der Waals surface area contributed by atoms with Crippen LogP contribution in [0.25, 0.3) is 11.3 Å². The van der Waals surface area contributed by atoms with E-state index in [0.717, 1.165) is 17.7 Å². The van der Waals surface area contributed by atoms with E-state index in [2.05, 4.69) is 10.3 Å². The maximum absolute atomic E-state index is 11.8. The summed E-state index contributed by atoms with van der Waals surface area (Å²) >= 11 is 0. The summed E-state index contributed by atoms with van der Waals surface area (Å²) in [6, 6.07) is 7.47. The van der Waals surface area contributed by atoms with Crippen molar-refractivity contribution in [2.75, 3.05) is 5.32 Å². The SMILES string of the molecule is NC1CC1C(=O)Nc1cccc(-c2cnco2)c1. The lowest BCUT2D eigenvalue weighted by molar-refractivity contribution is -0.117. The van der Waals surface area contributed by atoms with Crippen molar-refractivity contribution in [2.45, 2.75) is 12.5 Å². The number of hydrogen-bond donors (Lipinski definition) is 2. The van der Waals surface area contributed by atoms with Gasteiger partial charge in [0, 0.05) is 17.3 Å². The minimum Gasteiger partial charge on any atom is -0.444 e. The summed E-state index contributed by atoms with van der Waals surface area (Å²) < 4.78 is 5.21. The van der Waals surface area contributed by atoms with Crippen LogP contribution in [-0.4, -0.2) is 16.9 Å². The highest BCUT2D eigenvalue weighted by Crippen LogP contribution is 2.29. The number of carbonyl (C=O) groups is 1. The molecule has 2 aromatic rings. The van der Waals surface area contributed by atoms with Gasteiger partial charge in [-0.3, -0.25) is 4.79 Å². The zero-order chi connectivity index (χ0) is 12.5. The van der Waals surface area contributed by atoms with E-state index in [4.69, 9.17) is 10.2 Å². The lowest BCUT2D eigenvalue weighted by Gasteiger charge is -2.05. The molecule has 0 spiro atoms. The summed E-state index contributed by atoms with van der Waals surface area (Å²) in [6.07, 6.45) is 3.79. The quantitative estimate of drug-likeness (QED) is 0.858. The number of nitrogens with one attached hydrogen (secondary N) is 1. The fourth-order valence-electron chi connectivity index (χ4n) is 1.86. The first-order valence-corrected chi connectivity index (χ1v) is 5.79. The number of benzene rings is 1. The summed E-state index contributed by atoms with van der Waals surface area (Å²) in [7, 11) is 0. The Kier molecular flexibility index (Phi) is 2.60. The van der Waals surface area contributed by atoms with Gasteiger partial charge < -0.3 is 15.5 Å². The van der Waals surface area contributed by atoms with Gasteiger partial charge in [0.15, 0.2) is 12.2 Å². The maximum Gasteiger partial charge on any atom is 0.229 e. The van der Waals surface area contributed by atoms with Gasteiger partial charge in [0.05, 0.1) is 12.1 Å². The molecule has 5 heteroatoms. The molecule has 0 saturated heterocycles. The molecule has 2 atom stereocenters. The normalized spacial score (nSPS) is 21.6. The van der Waals surface area contributed by atoms with Crippen molar-refractivity contribution in [1.82, 2.24) is 4.98 Å². The fraction of sp³-hybridized carbons (Fsp3) is 0.231. The first kappa shape index (κ1) is 11.0. The fourth-order valence-corrected chi connectivity index (χ4v) is 1.86. The van der Waals surface area contributed by atoms with Gasteiger partial charge in [0.1, 0.15) is 0 Å². The molecule has 1 amide bonds. The molecule has 0 bridgehead atoms. The van der Waals surface area contributed by atoms with Gasteiger partial charge in [0.25, 0.3) is 0 Å². The van der Waals surface area contributed by atoms with Crippen LogP contribution in [0.5, 0.6) is 0 Å². The number of nitrogens with zero attached hydrogens (tertiary/aromatic N) is 1. The molecule has 3 rings (SSSR count). The monoisotopic (exact) mass is 243 g/mol. The van der Waals surface area contributed by atoms with E-state index in [1.54, 1.807) is 6.20 Å². The standard InChI is InChI=1S/C13H13N3O2/c14-11-5-10(11)13(17)16-9-3-1-2-8(4-9)12-6-15-7-18-12/h1-4,6-7,10-11H,5,14H2,(H,16,17). The highest BCUT2D eigenvalue weighted by Gasteiger charge is 2.39. The van der Waals surface area contributed by atoms with E-state index in [1.165, 1.54) is 6.39 Å². The molecule has 18 heavy (non-hydrogen) atoms. The summed E-state index contributed by atoms with van der Waals surface area (Å²) in [4.78, 5) is 15.6. The Morgan fingerprint density at radius 3 is 3.00 bits per heavy atom. The first-order valence-electron chi connectivity index (χ1n) is 5.79. The number of amides is 1. The van der Waals surface area contributed by atoms with Crippen LogP contribution in [0.15, 0.2) is 41.3 Å². The maximum atomic E-state index is 11.8. The Bertz CT molecular complexity index is 565. The lowest BCUT2D eigenvalue weighted by Crippen LogP contribution is -2.18. The van der Waals surface area contributed by atoms with E-state index in [-0.39, 0.29) is 17.9 Å². The minimum atomic E-state index is -0.0427. The van der Waals surface area contributed by atoms with Gasteiger partial charge in [-0.2, -0.15) is 0 Å². The van der Waals surface area contributed by atoms with Gasteiger partial charge >= 0.3 is 0 Å². The third kappa shape index (κ3) is 2.12. The third-order valence-electron chi connectivity index (χ3n) is 3.02.